The minimum atomic E-state index is 0. The molecule has 1 N–H and O–H groups in total. The van der Waals surface area contributed by atoms with Gasteiger partial charge in [0.1, 0.15) is 0 Å². The van der Waals surface area contributed by atoms with Crippen molar-refractivity contribution < 1.29 is 56.1 Å². The van der Waals surface area contributed by atoms with Crippen LogP contribution in [0.5, 0.6) is 0 Å². The molecule has 3 rings (SSSR count). The Bertz CT molecular complexity index is 484. The van der Waals surface area contributed by atoms with Crippen LogP contribution in [0.3, 0.4) is 0 Å². The Morgan fingerprint density at radius 3 is 2.52 bits per heavy atom. The van der Waals surface area contributed by atoms with Crippen molar-refractivity contribution in [2.45, 2.75) is 39.0 Å². The number of fused-ring (bicyclic) bond motifs is 1. The molecule has 1 fully saturated rings. The van der Waals surface area contributed by atoms with Gasteiger partial charge in [-0.2, -0.15) is 0 Å². The van der Waals surface area contributed by atoms with Crippen LogP contribution >= 0.6 is 0 Å². The third-order valence-electron chi connectivity index (χ3n) is 5.75. The van der Waals surface area contributed by atoms with E-state index < -0.39 is 0 Å². The topological polar surface area (TPSA) is 20.2 Å². The summed E-state index contributed by atoms with van der Waals surface area (Å²) in [6, 6.07) is 0. The van der Waals surface area contributed by atoms with Gasteiger partial charge in [0.15, 0.2) is 0 Å². The monoisotopic (exact) mass is 430 g/mol. The molecule has 1 saturated carbocycles. The number of hydrogen-bond donors (Lipinski definition) is 1. The minimum Gasteiger partial charge on any atom is -1.00 e. The van der Waals surface area contributed by atoms with E-state index in [1.807, 2.05) is 0 Å². The molecule has 126 valence electrons. The maximum absolute atomic E-state index is 9.29. The predicted octanol–water partition coefficient (Wildman–Crippen LogP) is -1.57. The zero-order valence-electron chi connectivity index (χ0n) is 13.7. The van der Waals surface area contributed by atoms with Gasteiger partial charge in [0.05, 0.1) is 0 Å². The van der Waals surface area contributed by atoms with Gasteiger partial charge in [-0.1, -0.05) is 55.0 Å². The molecule has 3 aliphatic rings. The molecule has 0 radical (unpaired) electrons. The number of aliphatic hydroxyl groups excluding tert-OH is 1. The van der Waals surface area contributed by atoms with Crippen LogP contribution in [0.1, 0.15) is 39.0 Å². The molecule has 4 unspecified atom stereocenters. The first kappa shape index (κ1) is 23.4. The van der Waals surface area contributed by atoms with E-state index in [0.717, 1.165) is 31.1 Å². The van der Waals surface area contributed by atoms with E-state index in [2.05, 4.69) is 49.5 Å². The fourth-order valence-electron chi connectivity index (χ4n) is 4.60. The summed E-state index contributed by atoms with van der Waals surface area (Å²) >= 11 is 0. The summed E-state index contributed by atoms with van der Waals surface area (Å²) < 4.78 is 0. The molecular formula is C19H26Cl2OZr. The molecule has 0 spiro atoms. The van der Waals surface area contributed by atoms with Crippen LogP contribution < -0.4 is 24.8 Å². The molecule has 0 bridgehead atoms. The zero-order chi connectivity index (χ0) is 14.0. The van der Waals surface area contributed by atoms with Crippen molar-refractivity contribution in [1.82, 2.24) is 0 Å². The van der Waals surface area contributed by atoms with Gasteiger partial charge in [-0.05, 0) is 55.3 Å². The first-order valence-electron chi connectivity index (χ1n) is 8.08. The van der Waals surface area contributed by atoms with Gasteiger partial charge in [0.2, 0.25) is 0 Å². The van der Waals surface area contributed by atoms with Gasteiger partial charge >= 0.3 is 26.2 Å². The van der Waals surface area contributed by atoms with Gasteiger partial charge < -0.3 is 29.9 Å². The molecule has 0 aliphatic heterocycles. The molecule has 0 aromatic rings. The molecule has 4 atom stereocenters. The number of halogens is 2. The average Bonchev–Trinajstić information content (AvgIpc) is 3.14. The standard InChI is InChI=1S/C19H26O.2ClH.Zr/c1-19(13-6-14-20,16-8-3-4-9-16)18-12-11-15-7-2-5-10-17(15)18;;;/h2-5,7-8,10,15,17-18,20H,6,9,11-14H2,1H3;2*1H;/q;;;+2/p-2. The normalized spacial score (nSPS) is 29.7. The van der Waals surface area contributed by atoms with E-state index in [1.54, 1.807) is 5.57 Å². The Morgan fingerprint density at radius 2 is 1.87 bits per heavy atom. The Balaban J connectivity index is 0.00000161. The summed E-state index contributed by atoms with van der Waals surface area (Å²) in [7, 11) is 0. The largest absolute Gasteiger partial charge is 2.00 e. The predicted molar refractivity (Wildman–Crippen MR) is 84.3 cm³/mol. The second kappa shape index (κ2) is 10.4. The van der Waals surface area contributed by atoms with Crippen molar-refractivity contribution in [1.29, 1.82) is 0 Å². The fourth-order valence-corrected chi connectivity index (χ4v) is 4.60. The second-order valence-corrected chi connectivity index (χ2v) is 6.76. The molecular weight excluding hydrogens is 406 g/mol. The Labute approximate surface area is 172 Å². The van der Waals surface area contributed by atoms with Gasteiger partial charge in [0, 0.05) is 6.61 Å². The Morgan fingerprint density at radius 1 is 1.13 bits per heavy atom. The van der Waals surface area contributed by atoms with Gasteiger partial charge in [-0.25, -0.2) is 0 Å². The average molecular weight is 433 g/mol. The number of hydrogen-bond acceptors (Lipinski definition) is 1. The third-order valence-corrected chi connectivity index (χ3v) is 5.75. The van der Waals surface area contributed by atoms with Crippen molar-refractivity contribution in [2.75, 3.05) is 6.61 Å². The Kier molecular flexibility index (Phi) is 10.6. The van der Waals surface area contributed by atoms with Gasteiger partial charge in [-0.3, -0.25) is 0 Å². The summed E-state index contributed by atoms with van der Waals surface area (Å²) in [5.41, 5.74) is 1.83. The molecule has 23 heavy (non-hydrogen) atoms. The molecule has 0 amide bonds. The van der Waals surface area contributed by atoms with Gasteiger partial charge in [-0.15, -0.1) is 0 Å². The van der Waals surface area contributed by atoms with Crippen LogP contribution in [0.2, 0.25) is 0 Å². The SMILES string of the molecule is CC(CCCO)(C1=CC=CC1)C1CCC2C=CC=CC21.[Cl-].[Cl-].[Zr+2]. The fraction of sp³-hybridized carbons (Fsp3) is 0.579. The maximum Gasteiger partial charge on any atom is 2.00 e. The molecule has 0 saturated heterocycles. The number of aliphatic hydroxyl groups is 1. The van der Waals surface area contributed by atoms with Crippen molar-refractivity contribution >= 4 is 0 Å². The Hall–Kier alpha value is 0.383. The summed E-state index contributed by atoms with van der Waals surface area (Å²) in [5, 5.41) is 9.29. The van der Waals surface area contributed by atoms with Crippen LogP contribution in [0, 0.1) is 23.2 Å². The molecule has 0 aromatic carbocycles. The number of allylic oxidation sites excluding steroid dienone is 8. The smallest absolute Gasteiger partial charge is 1.00 e. The number of rotatable bonds is 5. The van der Waals surface area contributed by atoms with E-state index in [0.29, 0.717) is 12.5 Å². The van der Waals surface area contributed by atoms with Crippen molar-refractivity contribution in [3.8, 4) is 0 Å². The van der Waals surface area contributed by atoms with E-state index in [-0.39, 0.29) is 56.4 Å². The van der Waals surface area contributed by atoms with Crippen LogP contribution in [-0.4, -0.2) is 11.7 Å². The van der Waals surface area contributed by atoms with E-state index >= 15 is 0 Å². The first-order valence-corrected chi connectivity index (χ1v) is 8.08. The van der Waals surface area contributed by atoms with Gasteiger partial charge in [0.25, 0.3) is 0 Å². The van der Waals surface area contributed by atoms with Crippen molar-refractivity contribution in [3.63, 3.8) is 0 Å². The summed E-state index contributed by atoms with van der Waals surface area (Å²) in [5.74, 6) is 2.17. The molecule has 0 heterocycles. The van der Waals surface area contributed by atoms with Crippen molar-refractivity contribution in [3.05, 3.63) is 48.1 Å². The van der Waals surface area contributed by atoms with Crippen molar-refractivity contribution in [2.24, 2.45) is 23.2 Å². The first-order chi connectivity index (χ1) is 9.75. The third kappa shape index (κ3) is 4.72. The quantitative estimate of drug-likeness (QED) is 0.557. The zero-order valence-corrected chi connectivity index (χ0v) is 17.7. The van der Waals surface area contributed by atoms with Crippen LogP contribution in [0.15, 0.2) is 48.1 Å². The molecule has 4 heteroatoms. The maximum atomic E-state index is 9.29. The second-order valence-electron chi connectivity index (χ2n) is 6.76. The van der Waals surface area contributed by atoms with E-state index in [1.165, 1.54) is 12.8 Å². The van der Waals surface area contributed by atoms with Crippen LogP contribution in [-0.2, 0) is 26.2 Å². The minimum absolute atomic E-state index is 0. The van der Waals surface area contributed by atoms with E-state index in [4.69, 9.17) is 0 Å². The van der Waals surface area contributed by atoms with Crippen LogP contribution in [0.25, 0.3) is 0 Å². The van der Waals surface area contributed by atoms with Crippen LogP contribution in [0.4, 0.5) is 0 Å². The summed E-state index contributed by atoms with van der Waals surface area (Å²) in [6.07, 6.45) is 21.9. The summed E-state index contributed by atoms with van der Waals surface area (Å²) in [4.78, 5) is 0. The molecule has 3 aliphatic carbocycles. The molecule has 1 nitrogen and oxygen atoms in total. The van der Waals surface area contributed by atoms with E-state index in [9.17, 15) is 5.11 Å². The summed E-state index contributed by atoms with van der Waals surface area (Å²) in [6.45, 7) is 2.76. The molecule has 0 aromatic heterocycles.